The Morgan fingerprint density at radius 1 is 0.972 bits per heavy atom. The number of unbranched alkanes of at least 4 members (excludes halogenated alkanes) is 1. The second kappa shape index (κ2) is 14.6. The van der Waals surface area contributed by atoms with Crippen molar-refractivity contribution in [3.63, 3.8) is 0 Å². The van der Waals surface area contributed by atoms with E-state index in [1.54, 1.807) is 6.20 Å². The van der Waals surface area contributed by atoms with E-state index in [4.69, 9.17) is 16.6 Å². The van der Waals surface area contributed by atoms with Crippen LogP contribution >= 0.6 is 0 Å². The molecule has 12 heteroatoms. The molecule has 1 aromatic heterocycles. The summed E-state index contributed by atoms with van der Waals surface area (Å²) in [5.74, 6) is -2.95. The highest BCUT2D eigenvalue weighted by Crippen LogP contribution is 2.07. The summed E-state index contributed by atoms with van der Waals surface area (Å²) in [6.45, 7) is 1.74. The van der Waals surface area contributed by atoms with Crippen molar-refractivity contribution in [2.75, 3.05) is 6.54 Å². The van der Waals surface area contributed by atoms with Gasteiger partial charge in [0, 0.05) is 24.7 Å². The molecule has 0 saturated carbocycles. The number of aromatic amines is 1. The van der Waals surface area contributed by atoms with Crippen molar-refractivity contribution >= 4 is 23.7 Å². The fourth-order valence-electron chi connectivity index (χ4n) is 3.47. The number of benzene rings is 1. The van der Waals surface area contributed by atoms with Gasteiger partial charge in [-0.3, -0.25) is 19.2 Å². The summed E-state index contributed by atoms with van der Waals surface area (Å²) >= 11 is 0. The molecule has 196 valence electrons. The Morgan fingerprint density at radius 3 is 2.25 bits per heavy atom. The Labute approximate surface area is 209 Å². The van der Waals surface area contributed by atoms with Crippen molar-refractivity contribution < 1.29 is 24.3 Å². The Balaban J connectivity index is 2.16. The van der Waals surface area contributed by atoms with Gasteiger partial charge >= 0.3 is 5.97 Å². The standard InChI is InChI=1S/C24H35N7O5/c1-15(24(35)36)29-22(33)19(9-5-6-10-25)30-23(34)20(11-16-7-3-2-4-8-16)31-21(32)18(26)12-17-13-27-14-28-17/h2-4,7-8,13-15,18-20H,5-6,9-12,25-26H2,1H3,(H,27,28)(H,29,33)(H,30,34)(H,31,32)(H,35,36). The molecule has 0 aliphatic heterocycles. The summed E-state index contributed by atoms with van der Waals surface area (Å²) < 4.78 is 0. The number of carbonyl (C=O) groups is 4. The normalized spacial score (nSPS) is 14.2. The molecule has 4 unspecified atom stereocenters. The lowest BCUT2D eigenvalue weighted by molar-refractivity contribution is -0.141. The van der Waals surface area contributed by atoms with Crippen LogP contribution in [0.2, 0.25) is 0 Å². The fourth-order valence-corrected chi connectivity index (χ4v) is 3.47. The number of aromatic nitrogens is 2. The predicted molar refractivity (Wildman–Crippen MR) is 132 cm³/mol. The highest BCUT2D eigenvalue weighted by atomic mass is 16.4. The Morgan fingerprint density at radius 2 is 1.64 bits per heavy atom. The number of carbonyl (C=O) groups excluding carboxylic acids is 3. The third-order valence-corrected chi connectivity index (χ3v) is 5.56. The molecule has 0 aliphatic rings. The molecule has 1 aromatic carbocycles. The van der Waals surface area contributed by atoms with Gasteiger partial charge in [-0.2, -0.15) is 0 Å². The van der Waals surface area contributed by atoms with E-state index < -0.39 is 47.9 Å². The van der Waals surface area contributed by atoms with Crippen LogP contribution in [0.4, 0.5) is 0 Å². The second-order valence-corrected chi connectivity index (χ2v) is 8.55. The number of imidazole rings is 1. The second-order valence-electron chi connectivity index (χ2n) is 8.55. The van der Waals surface area contributed by atoms with Crippen LogP contribution in [0, 0.1) is 0 Å². The van der Waals surface area contributed by atoms with E-state index in [1.807, 2.05) is 30.3 Å². The van der Waals surface area contributed by atoms with Crippen LogP contribution in [0.3, 0.4) is 0 Å². The van der Waals surface area contributed by atoms with E-state index in [9.17, 15) is 19.2 Å². The molecule has 0 aliphatic carbocycles. The maximum atomic E-state index is 13.3. The molecule has 9 N–H and O–H groups in total. The first kappa shape index (κ1) is 28.5. The van der Waals surface area contributed by atoms with Crippen LogP contribution in [0.15, 0.2) is 42.9 Å². The lowest BCUT2D eigenvalue weighted by Gasteiger charge is -2.25. The zero-order chi connectivity index (χ0) is 26.5. The number of aliphatic carboxylic acids is 1. The topological polar surface area (TPSA) is 205 Å². The van der Waals surface area contributed by atoms with Gasteiger partial charge in [-0.15, -0.1) is 0 Å². The van der Waals surface area contributed by atoms with E-state index in [0.717, 1.165) is 5.56 Å². The van der Waals surface area contributed by atoms with Gasteiger partial charge in [0.1, 0.15) is 18.1 Å². The molecule has 0 fully saturated rings. The molecule has 12 nitrogen and oxygen atoms in total. The summed E-state index contributed by atoms with van der Waals surface area (Å²) in [5, 5.41) is 16.9. The minimum Gasteiger partial charge on any atom is -0.480 e. The molecule has 1 heterocycles. The van der Waals surface area contributed by atoms with Crippen molar-refractivity contribution in [3.05, 3.63) is 54.1 Å². The van der Waals surface area contributed by atoms with Crippen LogP contribution in [0.25, 0.3) is 0 Å². The largest absolute Gasteiger partial charge is 0.480 e. The summed E-state index contributed by atoms with van der Waals surface area (Å²) in [5.41, 5.74) is 13.1. The van der Waals surface area contributed by atoms with Crippen molar-refractivity contribution in [3.8, 4) is 0 Å². The number of nitrogens with two attached hydrogens (primary N) is 2. The van der Waals surface area contributed by atoms with Crippen LogP contribution < -0.4 is 27.4 Å². The molecule has 0 radical (unpaired) electrons. The number of H-pyrrole nitrogens is 1. The summed E-state index contributed by atoms with van der Waals surface area (Å²) in [4.78, 5) is 56.8. The van der Waals surface area contributed by atoms with E-state index in [1.165, 1.54) is 13.3 Å². The van der Waals surface area contributed by atoms with Gasteiger partial charge in [-0.25, -0.2) is 4.98 Å². The number of nitrogens with zero attached hydrogens (tertiary/aromatic N) is 1. The molecule has 36 heavy (non-hydrogen) atoms. The van der Waals surface area contributed by atoms with Crippen LogP contribution in [-0.4, -0.2) is 69.5 Å². The fraction of sp³-hybridized carbons (Fsp3) is 0.458. The minimum absolute atomic E-state index is 0.165. The zero-order valence-electron chi connectivity index (χ0n) is 20.3. The average Bonchev–Trinajstić information content (AvgIpc) is 3.36. The molecule has 0 saturated heterocycles. The van der Waals surface area contributed by atoms with Crippen LogP contribution in [-0.2, 0) is 32.0 Å². The summed E-state index contributed by atoms with van der Waals surface area (Å²) in [7, 11) is 0. The smallest absolute Gasteiger partial charge is 0.325 e. The summed E-state index contributed by atoms with van der Waals surface area (Å²) in [6.07, 6.45) is 4.82. The zero-order valence-corrected chi connectivity index (χ0v) is 20.3. The van der Waals surface area contributed by atoms with E-state index in [0.29, 0.717) is 25.1 Å². The monoisotopic (exact) mass is 501 g/mol. The highest BCUT2D eigenvalue weighted by Gasteiger charge is 2.29. The minimum atomic E-state index is -1.20. The first-order valence-corrected chi connectivity index (χ1v) is 11.8. The van der Waals surface area contributed by atoms with E-state index in [2.05, 4.69) is 25.9 Å². The van der Waals surface area contributed by atoms with E-state index >= 15 is 0 Å². The van der Waals surface area contributed by atoms with Gasteiger partial charge in [-0.05, 0) is 38.3 Å². The summed E-state index contributed by atoms with van der Waals surface area (Å²) in [6, 6.07) is 5.00. The third-order valence-electron chi connectivity index (χ3n) is 5.56. The van der Waals surface area contributed by atoms with Crippen molar-refractivity contribution in [1.82, 2.24) is 25.9 Å². The van der Waals surface area contributed by atoms with Crippen molar-refractivity contribution in [1.29, 1.82) is 0 Å². The lowest BCUT2D eigenvalue weighted by atomic mass is 10.0. The number of hydrogen-bond acceptors (Lipinski definition) is 7. The van der Waals surface area contributed by atoms with Gasteiger partial charge in [0.15, 0.2) is 0 Å². The number of carboxylic acids is 1. The first-order chi connectivity index (χ1) is 17.2. The number of hydrogen-bond donors (Lipinski definition) is 7. The van der Waals surface area contributed by atoms with Gasteiger partial charge in [0.2, 0.25) is 17.7 Å². The molecule has 0 spiro atoms. The maximum Gasteiger partial charge on any atom is 0.325 e. The third kappa shape index (κ3) is 9.47. The molecule has 2 aromatic rings. The molecule has 3 amide bonds. The number of rotatable bonds is 15. The maximum absolute atomic E-state index is 13.3. The first-order valence-electron chi connectivity index (χ1n) is 11.8. The Bertz CT molecular complexity index is 984. The lowest BCUT2D eigenvalue weighted by Crippen LogP contribution is -2.57. The number of amides is 3. The molecule has 4 atom stereocenters. The van der Waals surface area contributed by atoms with E-state index in [-0.39, 0.29) is 19.3 Å². The van der Waals surface area contributed by atoms with Gasteiger partial charge in [-0.1, -0.05) is 30.3 Å². The Kier molecular flexibility index (Phi) is 11.5. The van der Waals surface area contributed by atoms with Gasteiger partial charge < -0.3 is 37.5 Å². The van der Waals surface area contributed by atoms with Gasteiger partial charge in [0.05, 0.1) is 12.4 Å². The molecular formula is C24H35N7O5. The Hall–Kier alpha value is -3.77. The van der Waals surface area contributed by atoms with Crippen LogP contribution in [0.5, 0.6) is 0 Å². The van der Waals surface area contributed by atoms with Gasteiger partial charge in [0.25, 0.3) is 0 Å². The molecular weight excluding hydrogens is 466 g/mol. The number of carboxylic acid groups (broad SMARTS) is 1. The van der Waals surface area contributed by atoms with Crippen LogP contribution in [0.1, 0.15) is 37.4 Å². The predicted octanol–water partition coefficient (Wildman–Crippen LogP) is -0.790. The molecule has 2 rings (SSSR count). The quantitative estimate of drug-likeness (QED) is 0.154. The average molecular weight is 502 g/mol. The molecule has 0 bridgehead atoms. The SMILES string of the molecule is CC(NC(=O)C(CCCCN)NC(=O)C(Cc1ccccc1)NC(=O)C(N)Cc1cnc[nH]1)C(=O)O. The van der Waals surface area contributed by atoms with Crippen molar-refractivity contribution in [2.24, 2.45) is 11.5 Å². The number of nitrogens with one attached hydrogen (secondary N) is 4. The highest BCUT2D eigenvalue weighted by molar-refractivity contribution is 5.94. The van der Waals surface area contributed by atoms with Crippen molar-refractivity contribution in [2.45, 2.75) is 63.2 Å².